The molecule has 0 bridgehead atoms. The summed E-state index contributed by atoms with van der Waals surface area (Å²) in [6, 6.07) is 6.69. The van der Waals surface area contributed by atoms with E-state index in [0.717, 1.165) is 11.3 Å². The number of benzene rings is 1. The molecular formula is C16H17N3O5S. The molecule has 25 heavy (non-hydrogen) atoms. The molecule has 0 spiro atoms. The highest BCUT2D eigenvalue weighted by Crippen LogP contribution is 2.28. The van der Waals surface area contributed by atoms with Gasteiger partial charge in [-0.1, -0.05) is 0 Å². The van der Waals surface area contributed by atoms with Crippen LogP contribution in [0.25, 0.3) is 0 Å². The van der Waals surface area contributed by atoms with Crippen molar-refractivity contribution in [2.45, 2.75) is 23.4 Å². The van der Waals surface area contributed by atoms with Gasteiger partial charge in [0.2, 0.25) is 10.0 Å². The largest absolute Gasteiger partial charge is 0.493 e. The number of nitrogens with one attached hydrogen (secondary N) is 1. The first-order chi connectivity index (χ1) is 12.0. The van der Waals surface area contributed by atoms with E-state index in [0.29, 0.717) is 13.0 Å². The Kier molecular flexibility index (Phi) is 4.06. The van der Waals surface area contributed by atoms with Crippen LogP contribution in [-0.4, -0.2) is 44.1 Å². The molecule has 1 saturated heterocycles. The van der Waals surface area contributed by atoms with Gasteiger partial charge in [0.05, 0.1) is 36.8 Å². The van der Waals surface area contributed by atoms with E-state index in [1.807, 2.05) is 0 Å². The van der Waals surface area contributed by atoms with Gasteiger partial charge in [0.1, 0.15) is 5.75 Å². The molecule has 132 valence electrons. The van der Waals surface area contributed by atoms with Gasteiger partial charge in [-0.3, -0.25) is 4.79 Å². The van der Waals surface area contributed by atoms with Crippen molar-refractivity contribution in [3.8, 4) is 5.75 Å². The van der Waals surface area contributed by atoms with Crippen LogP contribution in [0.4, 0.5) is 0 Å². The van der Waals surface area contributed by atoms with Crippen LogP contribution < -0.4 is 15.0 Å². The molecule has 9 heteroatoms. The summed E-state index contributed by atoms with van der Waals surface area (Å²) < 4.78 is 40.2. The molecule has 1 aromatic carbocycles. The summed E-state index contributed by atoms with van der Waals surface area (Å²) in [4.78, 5) is 12.1. The van der Waals surface area contributed by atoms with Crippen LogP contribution in [0, 0.1) is 0 Å². The Morgan fingerprint density at radius 2 is 2.12 bits per heavy atom. The zero-order valence-corrected chi connectivity index (χ0v) is 14.1. The standard InChI is InChI=1S/C16H17N3O5S/c20-16-2-1-6-17-19(16)14-10-23-9-13(14)18-25(21,22)12-3-4-15-11(8-12)5-7-24-15/h1-4,6,8,13-14,18H,5,7,9-10H2. The lowest BCUT2D eigenvalue weighted by molar-refractivity contribution is 0.181. The third kappa shape index (κ3) is 3.06. The summed E-state index contributed by atoms with van der Waals surface area (Å²) in [5.74, 6) is 0.723. The van der Waals surface area contributed by atoms with E-state index in [1.54, 1.807) is 18.2 Å². The minimum absolute atomic E-state index is 0.177. The maximum Gasteiger partial charge on any atom is 0.267 e. The van der Waals surface area contributed by atoms with E-state index in [-0.39, 0.29) is 23.7 Å². The summed E-state index contributed by atoms with van der Waals surface area (Å²) in [6.45, 7) is 0.969. The fourth-order valence-corrected chi connectivity index (χ4v) is 4.42. The molecule has 2 atom stereocenters. The number of rotatable bonds is 4. The normalized spacial score (nSPS) is 22.6. The van der Waals surface area contributed by atoms with Gasteiger partial charge in [-0.15, -0.1) is 0 Å². The Bertz CT molecular complexity index is 956. The Hall–Kier alpha value is -2.23. The second kappa shape index (κ2) is 6.25. The minimum atomic E-state index is -3.75. The van der Waals surface area contributed by atoms with Gasteiger partial charge < -0.3 is 9.47 Å². The van der Waals surface area contributed by atoms with Gasteiger partial charge >= 0.3 is 0 Å². The summed E-state index contributed by atoms with van der Waals surface area (Å²) in [7, 11) is -3.75. The maximum absolute atomic E-state index is 12.7. The predicted molar refractivity (Wildman–Crippen MR) is 88.1 cm³/mol. The molecular weight excluding hydrogens is 346 g/mol. The SMILES string of the molecule is O=c1cccnn1C1COCC1NS(=O)(=O)c1ccc2c(c1)CCO2. The fraction of sp³-hybridized carbons (Fsp3) is 0.375. The lowest BCUT2D eigenvalue weighted by Crippen LogP contribution is -2.43. The molecule has 2 aliphatic heterocycles. The first kappa shape index (κ1) is 16.2. The van der Waals surface area contributed by atoms with Gasteiger partial charge in [0.15, 0.2) is 0 Å². The summed E-state index contributed by atoms with van der Waals surface area (Å²) in [6.07, 6.45) is 2.18. The van der Waals surface area contributed by atoms with Crippen LogP contribution in [0.3, 0.4) is 0 Å². The highest BCUT2D eigenvalue weighted by molar-refractivity contribution is 7.89. The zero-order chi connectivity index (χ0) is 17.4. The molecule has 1 fully saturated rings. The molecule has 2 aromatic rings. The van der Waals surface area contributed by atoms with Crippen LogP contribution in [0.5, 0.6) is 5.75 Å². The molecule has 2 aliphatic rings. The second-order valence-electron chi connectivity index (χ2n) is 6.01. The first-order valence-electron chi connectivity index (χ1n) is 7.94. The molecule has 0 saturated carbocycles. The van der Waals surface area contributed by atoms with E-state index >= 15 is 0 Å². The molecule has 2 unspecified atom stereocenters. The monoisotopic (exact) mass is 363 g/mol. The molecule has 1 N–H and O–H groups in total. The fourth-order valence-electron chi connectivity index (χ4n) is 3.11. The smallest absolute Gasteiger partial charge is 0.267 e. The third-order valence-electron chi connectivity index (χ3n) is 4.38. The molecule has 0 amide bonds. The van der Waals surface area contributed by atoms with E-state index in [1.165, 1.54) is 23.0 Å². The first-order valence-corrected chi connectivity index (χ1v) is 9.42. The topological polar surface area (TPSA) is 99.5 Å². The Morgan fingerprint density at radius 3 is 2.96 bits per heavy atom. The van der Waals surface area contributed by atoms with E-state index < -0.39 is 22.1 Å². The van der Waals surface area contributed by atoms with Crippen LogP contribution in [-0.2, 0) is 21.2 Å². The maximum atomic E-state index is 12.7. The van der Waals surface area contributed by atoms with Crippen LogP contribution in [0.1, 0.15) is 11.6 Å². The van der Waals surface area contributed by atoms with Gasteiger partial charge in [-0.05, 0) is 29.8 Å². The zero-order valence-electron chi connectivity index (χ0n) is 13.3. The number of aromatic nitrogens is 2. The van der Waals surface area contributed by atoms with Crippen molar-refractivity contribution in [2.24, 2.45) is 0 Å². The van der Waals surface area contributed by atoms with Crippen molar-refractivity contribution < 1.29 is 17.9 Å². The minimum Gasteiger partial charge on any atom is -0.493 e. The molecule has 4 rings (SSSR count). The van der Waals surface area contributed by atoms with Crippen LogP contribution in [0.2, 0.25) is 0 Å². The molecule has 8 nitrogen and oxygen atoms in total. The van der Waals surface area contributed by atoms with Gasteiger partial charge in [-0.2, -0.15) is 5.10 Å². The average molecular weight is 363 g/mol. The van der Waals surface area contributed by atoms with Crippen molar-refractivity contribution in [2.75, 3.05) is 19.8 Å². The van der Waals surface area contributed by atoms with E-state index in [9.17, 15) is 13.2 Å². The quantitative estimate of drug-likeness (QED) is 0.827. The lowest BCUT2D eigenvalue weighted by Gasteiger charge is -2.20. The van der Waals surface area contributed by atoms with E-state index in [4.69, 9.17) is 9.47 Å². The average Bonchev–Trinajstić information content (AvgIpc) is 3.23. The van der Waals surface area contributed by atoms with Crippen molar-refractivity contribution in [1.82, 2.24) is 14.5 Å². The Morgan fingerprint density at radius 1 is 1.24 bits per heavy atom. The van der Waals surface area contributed by atoms with Gasteiger partial charge in [0.25, 0.3) is 5.56 Å². The van der Waals surface area contributed by atoms with Gasteiger partial charge in [-0.25, -0.2) is 17.8 Å². The Labute approximate surface area is 144 Å². The second-order valence-corrected chi connectivity index (χ2v) is 7.72. The predicted octanol–water partition coefficient (Wildman–Crippen LogP) is 0.0966. The third-order valence-corrected chi connectivity index (χ3v) is 5.87. The van der Waals surface area contributed by atoms with Crippen molar-refractivity contribution >= 4 is 10.0 Å². The number of nitrogens with zero attached hydrogens (tertiary/aromatic N) is 2. The lowest BCUT2D eigenvalue weighted by atomic mass is 10.2. The number of sulfonamides is 1. The van der Waals surface area contributed by atoms with Crippen molar-refractivity contribution in [1.29, 1.82) is 0 Å². The molecule has 0 aliphatic carbocycles. The van der Waals surface area contributed by atoms with Gasteiger partial charge in [0, 0.05) is 18.7 Å². The number of hydrogen-bond acceptors (Lipinski definition) is 6. The van der Waals surface area contributed by atoms with Crippen molar-refractivity contribution in [3.05, 3.63) is 52.4 Å². The Balaban J connectivity index is 1.60. The number of ether oxygens (including phenoxy) is 2. The molecule has 0 radical (unpaired) electrons. The molecule has 1 aromatic heterocycles. The van der Waals surface area contributed by atoms with Crippen LogP contribution in [0.15, 0.2) is 46.2 Å². The molecule has 3 heterocycles. The van der Waals surface area contributed by atoms with Crippen LogP contribution >= 0.6 is 0 Å². The highest BCUT2D eigenvalue weighted by atomic mass is 32.2. The van der Waals surface area contributed by atoms with E-state index in [2.05, 4.69) is 9.82 Å². The highest BCUT2D eigenvalue weighted by Gasteiger charge is 2.35. The number of hydrogen-bond donors (Lipinski definition) is 1. The summed E-state index contributed by atoms with van der Waals surface area (Å²) in [5, 5.41) is 4.03. The van der Waals surface area contributed by atoms with Crippen molar-refractivity contribution in [3.63, 3.8) is 0 Å². The summed E-state index contributed by atoms with van der Waals surface area (Å²) >= 11 is 0. The summed E-state index contributed by atoms with van der Waals surface area (Å²) in [5.41, 5.74) is 0.583. The number of fused-ring (bicyclic) bond motifs is 1.